The maximum atomic E-state index is 5.74. The molecule has 1 aromatic carbocycles. The van der Waals surface area contributed by atoms with Crippen LogP contribution in [0.1, 0.15) is 65.9 Å². The summed E-state index contributed by atoms with van der Waals surface area (Å²) in [5, 5.41) is 0. The largest absolute Gasteiger partial charge is 0.490 e. The van der Waals surface area contributed by atoms with Crippen LogP contribution in [0.4, 0.5) is 0 Å². The predicted octanol–water partition coefficient (Wildman–Crippen LogP) is 5.90. The number of unbranched alkanes of at least 4 members (excludes halogenated alkanes) is 3. The molecule has 0 saturated carbocycles. The van der Waals surface area contributed by atoms with Gasteiger partial charge in [0.2, 0.25) is 0 Å². The molecule has 0 bridgehead atoms. The number of rotatable bonds is 10. The zero-order valence-corrected chi connectivity index (χ0v) is 15.6. The van der Waals surface area contributed by atoms with Crippen molar-refractivity contribution in [2.24, 2.45) is 0 Å². The lowest BCUT2D eigenvalue weighted by molar-refractivity contribution is 0.0758. The molecule has 0 fully saturated rings. The van der Waals surface area contributed by atoms with Crippen LogP contribution in [0.5, 0.6) is 5.75 Å². The van der Waals surface area contributed by atoms with Crippen LogP contribution in [0.2, 0.25) is 0 Å². The maximum Gasteiger partial charge on any atom is 0.119 e. The van der Waals surface area contributed by atoms with E-state index in [1.807, 2.05) is 0 Å². The van der Waals surface area contributed by atoms with E-state index >= 15 is 0 Å². The number of ether oxygens (including phenoxy) is 2. The van der Waals surface area contributed by atoms with Crippen molar-refractivity contribution in [3.05, 3.63) is 42.0 Å². The van der Waals surface area contributed by atoms with Crippen molar-refractivity contribution < 1.29 is 9.47 Å². The van der Waals surface area contributed by atoms with E-state index < -0.39 is 0 Å². The Kier molecular flexibility index (Phi) is 9.01. The normalized spacial score (nSPS) is 12.3. The summed E-state index contributed by atoms with van der Waals surface area (Å²) in [4.78, 5) is 0. The molecule has 0 saturated heterocycles. The highest BCUT2D eigenvalue weighted by atomic mass is 16.5. The molecule has 2 heteroatoms. The van der Waals surface area contributed by atoms with E-state index in [9.17, 15) is 0 Å². The zero-order valence-electron chi connectivity index (χ0n) is 15.6. The summed E-state index contributed by atoms with van der Waals surface area (Å²) in [7, 11) is 0. The topological polar surface area (TPSA) is 18.5 Å². The highest BCUT2D eigenvalue weighted by molar-refractivity contribution is 5.31. The van der Waals surface area contributed by atoms with Crippen LogP contribution in [0.3, 0.4) is 0 Å². The van der Waals surface area contributed by atoms with Gasteiger partial charge in [0, 0.05) is 6.61 Å². The summed E-state index contributed by atoms with van der Waals surface area (Å²) in [6.45, 7) is 12.4. The Hall–Kier alpha value is -1.28. The monoisotopic (exact) mass is 318 g/mol. The van der Waals surface area contributed by atoms with E-state index in [1.165, 1.54) is 18.4 Å². The number of hydrogen-bond donors (Lipinski definition) is 0. The minimum absolute atomic E-state index is 0.193. The Morgan fingerprint density at radius 3 is 2.26 bits per heavy atom. The Balaban J connectivity index is 2.10. The van der Waals surface area contributed by atoms with E-state index in [0.717, 1.165) is 25.2 Å². The van der Waals surface area contributed by atoms with Crippen LogP contribution in [-0.4, -0.2) is 19.3 Å². The molecular weight excluding hydrogens is 284 g/mol. The molecule has 0 unspecified atom stereocenters. The molecule has 0 N–H and O–H groups in total. The standard InChI is InChI=1S/C21H34O2/c1-18(2)22-16-10-8-6-7-9-11-17-23-20-14-12-19(13-15-20)21(3,4)5/h9,11-15,18H,6-8,10,16-17H2,1-5H3/b11-9+. The number of benzene rings is 1. The van der Waals surface area contributed by atoms with Gasteiger partial charge in [-0.1, -0.05) is 51.5 Å². The van der Waals surface area contributed by atoms with E-state index in [0.29, 0.717) is 12.7 Å². The molecule has 0 spiro atoms. The zero-order chi connectivity index (χ0) is 17.1. The fraction of sp³-hybridized carbons (Fsp3) is 0.619. The third-order valence-electron chi connectivity index (χ3n) is 3.70. The van der Waals surface area contributed by atoms with Crippen LogP contribution in [0, 0.1) is 0 Å². The third kappa shape index (κ3) is 9.45. The lowest BCUT2D eigenvalue weighted by Crippen LogP contribution is -2.10. The average Bonchev–Trinajstić information content (AvgIpc) is 2.48. The van der Waals surface area contributed by atoms with Crippen molar-refractivity contribution in [3.63, 3.8) is 0 Å². The number of hydrogen-bond acceptors (Lipinski definition) is 2. The lowest BCUT2D eigenvalue weighted by Gasteiger charge is -2.19. The molecule has 1 aromatic rings. The van der Waals surface area contributed by atoms with E-state index in [4.69, 9.17) is 9.47 Å². The van der Waals surface area contributed by atoms with Gasteiger partial charge in [-0.25, -0.2) is 0 Å². The fourth-order valence-electron chi connectivity index (χ4n) is 2.24. The first-order valence-electron chi connectivity index (χ1n) is 8.89. The van der Waals surface area contributed by atoms with Gasteiger partial charge in [-0.05, 0) is 56.2 Å². The summed E-state index contributed by atoms with van der Waals surface area (Å²) in [6.07, 6.45) is 9.40. The minimum atomic E-state index is 0.193. The molecule has 0 aliphatic carbocycles. The lowest BCUT2D eigenvalue weighted by atomic mass is 9.87. The first-order valence-corrected chi connectivity index (χ1v) is 8.89. The van der Waals surface area contributed by atoms with Gasteiger partial charge in [0.1, 0.15) is 12.4 Å². The quantitative estimate of drug-likeness (QED) is 0.395. The minimum Gasteiger partial charge on any atom is -0.490 e. The van der Waals surface area contributed by atoms with Crippen molar-refractivity contribution in [1.82, 2.24) is 0 Å². The van der Waals surface area contributed by atoms with Crippen LogP contribution >= 0.6 is 0 Å². The molecule has 0 radical (unpaired) electrons. The molecule has 0 aliphatic heterocycles. The van der Waals surface area contributed by atoms with Gasteiger partial charge < -0.3 is 9.47 Å². The molecule has 0 amide bonds. The third-order valence-corrected chi connectivity index (χ3v) is 3.70. The van der Waals surface area contributed by atoms with Crippen molar-refractivity contribution in [3.8, 4) is 5.75 Å². The first-order chi connectivity index (χ1) is 10.9. The highest BCUT2D eigenvalue weighted by Gasteiger charge is 2.12. The smallest absolute Gasteiger partial charge is 0.119 e. The molecule has 2 nitrogen and oxygen atoms in total. The second-order valence-corrected chi connectivity index (χ2v) is 7.33. The Labute approximate surface area is 142 Å². The van der Waals surface area contributed by atoms with Crippen molar-refractivity contribution in [1.29, 1.82) is 0 Å². The first kappa shape index (κ1) is 19.8. The molecule has 1 rings (SSSR count). The number of allylic oxidation sites excluding steroid dienone is 1. The van der Waals surface area contributed by atoms with Gasteiger partial charge >= 0.3 is 0 Å². The molecule has 0 aromatic heterocycles. The van der Waals surface area contributed by atoms with E-state index in [2.05, 4.69) is 71.0 Å². The Morgan fingerprint density at radius 1 is 0.957 bits per heavy atom. The van der Waals surface area contributed by atoms with Crippen molar-refractivity contribution >= 4 is 0 Å². The Bertz CT molecular complexity index is 438. The predicted molar refractivity (Wildman–Crippen MR) is 99.3 cm³/mol. The maximum absolute atomic E-state index is 5.74. The van der Waals surface area contributed by atoms with E-state index in [-0.39, 0.29) is 5.41 Å². The van der Waals surface area contributed by atoms with Crippen molar-refractivity contribution in [2.45, 2.75) is 71.8 Å². The van der Waals surface area contributed by atoms with Crippen molar-refractivity contribution in [2.75, 3.05) is 13.2 Å². The summed E-state index contributed by atoms with van der Waals surface area (Å²) in [5.74, 6) is 0.938. The summed E-state index contributed by atoms with van der Waals surface area (Å²) < 4.78 is 11.3. The van der Waals surface area contributed by atoms with Crippen LogP contribution in [0.15, 0.2) is 36.4 Å². The molecule has 0 aliphatic rings. The summed E-state index contributed by atoms with van der Waals surface area (Å²) in [6, 6.07) is 8.42. The second kappa shape index (κ2) is 10.5. The highest BCUT2D eigenvalue weighted by Crippen LogP contribution is 2.24. The SMILES string of the molecule is CC(C)OCCCCC/C=C/COc1ccc(C(C)(C)C)cc1. The molecular formula is C21H34O2. The second-order valence-electron chi connectivity index (χ2n) is 7.33. The van der Waals surface area contributed by atoms with Crippen LogP contribution < -0.4 is 4.74 Å². The molecule has 23 heavy (non-hydrogen) atoms. The van der Waals surface area contributed by atoms with Gasteiger partial charge in [0.05, 0.1) is 6.10 Å². The van der Waals surface area contributed by atoms with Gasteiger partial charge in [-0.3, -0.25) is 0 Å². The molecule has 0 atom stereocenters. The summed E-state index contributed by atoms with van der Waals surface area (Å²) >= 11 is 0. The van der Waals surface area contributed by atoms with Crippen LogP contribution in [-0.2, 0) is 10.2 Å². The average molecular weight is 319 g/mol. The van der Waals surface area contributed by atoms with Gasteiger partial charge in [-0.2, -0.15) is 0 Å². The molecule has 130 valence electrons. The van der Waals surface area contributed by atoms with Gasteiger partial charge in [0.15, 0.2) is 0 Å². The molecule has 0 heterocycles. The van der Waals surface area contributed by atoms with E-state index in [1.54, 1.807) is 0 Å². The fourth-order valence-corrected chi connectivity index (χ4v) is 2.24. The Morgan fingerprint density at radius 2 is 1.65 bits per heavy atom. The van der Waals surface area contributed by atoms with Gasteiger partial charge in [-0.15, -0.1) is 0 Å². The summed E-state index contributed by atoms with van der Waals surface area (Å²) in [5.41, 5.74) is 1.53. The van der Waals surface area contributed by atoms with Gasteiger partial charge in [0.25, 0.3) is 0 Å². The van der Waals surface area contributed by atoms with Crippen LogP contribution in [0.25, 0.3) is 0 Å².